The van der Waals surface area contributed by atoms with Gasteiger partial charge in [-0.05, 0) is 75.3 Å². The van der Waals surface area contributed by atoms with E-state index < -0.39 is 0 Å². The van der Waals surface area contributed by atoms with E-state index in [0.29, 0.717) is 11.3 Å². The molecule has 2 fully saturated rings. The first-order valence-electron chi connectivity index (χ1n) is 16.4. The molecular formula is C38H66ClN3. The predicted molar refractivity (Wildman–Crippen MR) is 192 cm³/mol. The number of rotatable bonds is 9. The SMILES string of the molecule is C=CC(C)c1ccc(C)cc1.C=CN=C(/C(Cl)=C(\C)CCC)N1CCC(CCC)C1.CCC(C)(C)C.CNC1CC1C. The van der Waals surface area contributed by atoms with Crippen LogP contribution in [0.4, 0.5) is 0 Å². The highest BCUT2D eigenvalue weighted by atomic mass is 35.5. The van der Waals surface area contributed by atoms with Gasteiger partial charge in [-0.1, -0.05) is 134 Å². The number of allylic oxidation sites excluding steroid dienone is 2. The van der Waals surface area contributed by atoms with Crippen LogP contribution in [0, 0.1) is 24.2 Å². The van der Waals surface area contributed by atoms with Gasteiger partial charge < -0.3 is 10.2 Å². The Morgan fingerprint density at radius 2 is 1.71 bits per heavy atom. The molecule has 42 heavy (non-hydrogen) atoms. The molecule has 1 aromatic carbocycles. The second-order valence-corrected chi connectivity index (χ2v) is 13.7. The smallest absolute Gasteiger partial charge is 0.147 e. The van der Waals surface area contributed by atoms with Gasteiger partial charge >= 0.3 is 0 Å². The predicted octanol–water partition coefficient (Wildman–Crippen LogP) is 11.3. The van der Waals surface area contributed by atoms with Crippen LogP contribution in [0.2, 0.25) is 0 Å². The molecule has 1 aliphatic carbocycles. The molecule has 3 rings (SSSR count). The van der Waals surface area contributed by atoms with E-state index in [1.54, 1.807) is 6.20 Å². The Morgan fingerprint density at radius 3 is 2.10 bits per heavy atom. The van der Waals surface area contributed by atoms with Crippen LogP contribution in [0.5, 0.6) is 0 Å². The van der Waals surface area contributed by atoms with E-state index in [2.05, 4.69) is 122 Å². The lowest BCUT2D eigenvalue weighted by molar-refractivity contribution is 0.398. The van der Waals surface area contributed by atoms with E-state index in [9.17, 15) is 0 Å². The molecule has 0 bridgehead atoms. The second-order valence-electron chi connectivity index (χ2n) is 13.3. The monoisotopic (exact) mass is 599 g/mol. The molecule has 0 radical (unpaired) electrons. The number of hydrogen-bond acceptors (Lipinski definition) is 2. The standard InChI is InChI=1S/C16H27ClN2.C11H14.C6H14.C5H11N/c1-5-8-13(4)15(17)16(18-7-3)19-11-10-14(12-19)9-6-2;1-4-10(3)11-7-5-9(2)6-8-11;1-5-6(2,3)4;1-4-3-5(4)6-2/h7,14H,3,5-6,8-12H2,1-2,4H3;4-8,10H,1H2,2-3H3;5H2,1-4H3;4-6H,3H2,1-2H3/b15-13-,18-16?;;;. The summed E-state index contributed by atoms with van der Waals surface area (Å²) in [5.41, 5.74) is 4.42. The molecule has 4 unspecified atom stereocenters. The van der Waals surface area contributed by atoms with E-state index in [4.69, 9.17) is 11.6 Å². The van der Waals surface area contributed by atoms with E-state index in [1.807, 2.05) is 13.1 Å². The molecule has 1 N–H and O–H groups in total. The zero-order chi connectivity index (χ0) is 32.3. The Morgan fingerprint density at radius 1 is 1.14 bits per heavy atom. The number of nitrogens with zero attached hydrogens (tertiary/aromatic N) is 2. The van der Waals surface area contributed by atoms with Crippen molar-refractivity contribution in [1.82, 2.24) is 10.2 Å². The maximum atomic E-state index is 6.52. The van der Waals surface area contributed by atoms with Crippen LogP contribution in [0.15, 0.2) is 65.3 Å². The number of aliphatic imine (C=N–C) groups is 1. The third-order valence-corrected chi connectivity index (χ3v) is 8.68. The fourth-order valence-corrected chi connectivity index (χ4v) is 4.70. The van der Waals surface area contributed by atoms with Gasteiger partial charge in [0, 0.05) is 25.3 Å². The van der Waals surface area contributed by atoms with Crippen molar-refractivity contribution >= 4 is 17.4 Å². The molecule has 1 heterocycles. The van der Waals surface area contributed by atoms with Crippen molar-refractivity contribution in [1.29, 1.82) is 0 Å². The molecule has 4 atom stereocenters. The van der Waals surface area contributed by atoms with Crippen LogP contribution < -0.4 is 5.32 Å². The average Bonchev–Trinajstić information content (AvgIpc) is 3.50. The quantitative estimate of drug-likeness (QED) is 0.174. The Hall–Kier alpha value is -1.84. The summed E-state index contributed by atoms with van der Waals surface area (Å²) >= 11 is 6.52. The first-order valence-corrected chi connectivity index (χ1v) is 16.8. The molecule has 4 heteroatoms. The van der Waals surface area contributed by atoms with E-state index >= 15 is 0 Å². The summed E-state index contributed by atoms with van der Waals surface area (Å²) in [4.78, 5) is 6.74. The third-order valence-electron chi connectivity index (χ3n) is 8.19. The number of likely N-dealkylation sites (tertiary alicyclic amines) is 1. The summed E-state index contributed by atoms with van der Waals surface area (Å²) in [6.07, 6.45) is 12.2. The van der Waals surface area contributed by atoms with Crippen molar-refractivity contribution in [2.24, 2.45) is 22.2 Å². The molecular weight excluding hydrogens is 534 g/mol. The van der Waals surface area contributed by atoms with Crippen molar-refractivity contribution in [2.75, 3.05) is 20.1 Å². The number of nitrogens with one attached hydrogen (secondary N) is 1. The van der Waals surface area contributed by atoms with Gasteiger partial charge in [-0.15, -0.1) is 6.58 Å². The van der Waals surface area contributed by atoms with Crippen LogP contribution in [0.1, 0.15) is 124 Å². The Labute approximate surface area is 267 Å². The van der Waals surface area contributed by atoms with Crippen LogP contribution >= 0.6 is 11.6 Å². The Kier molecular flexibility index (Phi) is 20.8. The third kappa shape index (κ3) is 17.3. The summed E-state index contributed by atoms with van der Waals surface area (Å²) < 4.78 is 0. The molecule has 0 spiro atoms. The van der Waals surface area contributed by atoms with E-state index in [0.717, 1.165) is 54.7 Å². The van der Waals surface area contributed by atoms with Crippen molar-refractivity contribution in [3.05, 3.63) is 71.4 Å². The molecule has 1 saturated carbocycles. The van der Waals surface area contributed by atoms with E-state index in [-0.39, 0.29) is 0 Å². The maximum absolute atomic E-state index is 6.52. The summed E-state index contributed by atoms with van der Waals surface area (Å²) in [5, 5.41) is 4.01. The minimum Gasteiger partial charge on any atom is -0.355 e. The highest BCUT2D eigenvalue weighted by molar-refractivity contribution is 6.43. The number of benzene rings is 1. The van der Waals surface area contributed by atoms with Gasteiger partial charge in [-0.3, -0.25) is 0 Å². The molecule has 0 amide bonds. The first-order chi connectivity index (χ1) is 19.8. The van der Waals surface area contributed by atoms with Crippen LogP contribution in [0.25, 0.3) is 0 Å². The lowest BCUT2D eigenvalue weighted by Gasteiger charge is -2.21. The molecule has 240 valence electrons. The molecule has 1 saturated heterocycles. The second kappa shape index (κ2) is 21.8. The van der Waals surface area contributed by atoms with Gasteiger partial charge in [0.15, 0.2) is 0 Å². The van der Waals surface area contributed by atoms with Gasteiger partial charge in [0.25, 0.3) is 0 Å². The van der Waals surface area contributed by atoms with Crippen molar-refractivity contribution in [3.8, 4) is 0 Å². The van der Waals surface area contributed by atoms with Crippen LogP contribution in [0.3, 0.4) is 0 Å². The fraction of sp³-hybridized carbons (Fsp3) is 0.658. The van der Waals surface area contributed by atoms with Gasteiger partial charge in [0.2, 0.25) is 0 Å². The van der Waals surface area contributed by atoms with Crippen LogP contribution in [-0.4, -0.2) is 36.9 Å². The number of hydrogen-bond donors (Lipinski definition) is 1. The minimum absolute atomic E-state index is 0.468. The largest absolute Gasteiger partial charge is 0.355 e. The molecule has 1 aromatic rings. The first kappa shape index (κ1) is 40.2. The Balaban J connectivity index is 0.000000609. The lowest BCUT2D eigenvalue weighted by atomic mass is 9.94. The lowest BCUT2D eigenvalue weighted by Crippen LogP contribution is -2.29. The molecule has 3 nitrogen and oxygen atoms in total. The average molecular weight is 600 g/mol. The highest BCUT2D eigenvalue weighted by Crippen LogP contribution is 2.28. The molecule has 0 aromatic heterocycles. The zero-order valence-electron chi connectivity index (χ0n) is 29.3. The Bertz CT molecular complexity index is 936. The number of halogens is 1. The van der Waals surface area contributed by atoms with Crippen molar-refractivity contribution < 1.29 is 0 Å². The minimum atomic E-state index is 0.468. The van der Waals surface area contributed by atoms with Gasteiger partial charge in [-0.25, -0.2) is 4.99 Å². The number of aryl methyl sites for hydroxylation is 1. The summed E-state index contributed by atoms with van der Waals surface area (Å²) in [6, 6.07) is 9.43. The molecule has 1 aliphatic heterocycles. The summed E-state index contributed by atoms with van der Waals surface area (Å²) in [7, 11) is 2.02. The number of amidine groups is 1. The van der Waals surface area contributed by atoms with Gasteiger partial charge in [-0.2, -0.15) is 0 Å². The summed E-state index contributed by atoms with van der Waals surface area (Å²) in [6.45, 7) is 31.6. The molecule has 2 aliphatic rings. The topological polar surface area (TPSA) is 27.6 Å². The van der Waals surface area contributed by atoms with Crippen LogP contribution in [-0.2, 0) is 0 Å². The zero-order valence-corrected chi connectivity index (χ0v) is 30.1. The fourth-order valence-electron chi connectivity index (χ4n) is 4.44. The van der Waals surface area contributed by atoms with Gasteiger partial charge in [0.1, 0.15) is 5.84 Å². The maximum Gasteiger partial charge on any atom is 0.147 e. The van der Waals surface area contributed by atoms with Crippen molar-refractivity contribution in [2.45, 2.75) is 126 Å². The normalized spacial score (nSPS) is 20.9. The highest BCUT2D eigenvalue weighted by Gasteiger charge is 2.30. The van der Waals surface area contributed by atoms with Gasteiger partial charge in [0.05, 0.1) is 5.03 Å². The summed E-state index contributed by atoms with van der Waals surface area (Å²) in [5.74, 6) is 3.13. The van der Waals surface area contributed by atoms with E-state index in [1.165, 1.54) is 48.8 Å². The van der Waals surface area contributed by atoms with Crippen molar-refractivity contribution in [3.63, 3.8) is 0 Å².